The van der Waals surface area contributed by atoms with Gasteiger partial charge < -0.3 is 4.74 Å². The number of rotatable bonds is 4. The molecule has 118 valence electrons. The van der Waals surface area contributed by atoms with E-state index in [9.17, 15) is 4.79 Å². The Morgan fingerprint density at radius 3 is 2.26 bits per heavy atom. The van der Waals surface area contributed by atoms with Crippen molar-refractivity contribution in [3.63, 3.8) is 0 Å². The van der Waals surface area contributed by atoms with Crippen LogP contribution in [-0.2, 0) is 9.53 Å². The topological polar surface area (TPSA) is 26.3 Å². The molecule has 0 amide bonds. The van der Waals surface area contributed by atoms with Crippen molar-refractivity contribution in [1.82, 2.24) is 0 Å². The summed E-state index contributed by atoms with van der Waals surface area (Å²) in [5.74, 6) is -0.290. The minimum Gasteiger partial charge on any atom is -0.457 e. The number of hydrogen-bond acceptors (Lipinski definition) is 4. The van der Waals surface area contributed by atoms with E-state index < -0.39 is 0 Å². The van der Waals surface area contributed by atoms with Crippen LogP contribution in [0.25, 0.3) is 11.1 Å². The van der Waals surface area contributed by atoms with Crippen LogP contribution in [0.5, 0.6) is 0 Å². The standard InChI is InChI=1S/C18H15ClO2S2/c1-22-12-5-3-11(4-6-12)17-15(10-21-18(17)20)14-8-7-13(23-2)9-16(14)19/h3-9H,10H2,1-2H3. The molecular weight excluding hydrogens is 348 g/mol. The van der Waals surface area contributed by atoms with E-state index in [0.29, 0.717) is 10.6 Å². The zero-order valence-corrected chi connectivity index (χ0v) is 15.1. The maximum atomic E-state index is 12.2. The molecule has 0 saturated heterocycles. The molecule has 0 N–H and O–H groups in total. The normalized spacial score (nSPS) is 14.3. The zero-order valence-electron chi connectivity index (χ0n) is 12.8. The molecule has 0 unspecified atom stereocenters. The number of ether oxygens (including phenoxy) is 1. The van der Waals surface area contributed by atoms with Crippen molar-refractivity contribution in [2.24, 2.45) is 0 Å². The van der Waals surface area contributed by atoms with Gasteiger partial charge >= 0.3 is 5.97 Å². The third-order valence-electron chi connectivity index (χ3n) is 3.73. The average molecular weight is 363 g/mol. The van der Waals surface area contributed by atoms with Crippen molar-refractivity contribution < 1.29 is 9.53 Å². The molecule has 0 aromatic heterocycles. The van der Waals surface area contributed by atoms with Crippen LogP contribution in [0.2, 0.25) is 5.02 Å². The van der Waals surface area contributed by atoms with Crippen LogP contribution in [0, 0.1) is 0 Å². The number of hydrogen-bond donors (Lipinski definition) is 0. The van der Waals surface area contributed by atoms with Crippen molar-refractivity contribution in [3.05, 3.63) is 58.6 Å². The molecule has 0 bridgehead atoms. The molecule has 0 fully saturated rings. The molecule has 2 aromatic rings. The van der Waals surface area contributed by atoms with E-state index in [1.165, 1.54) is 0 Å². The van der Waals surface area contributed by atoms with Crippen LogP contribution >= 0.6 is 35.1 Å². The lowest BCUT2D eigenvalue weighted by Gasteiger charge is -2.08. The molecule has 0 radical (unpaired) electrons. The molecule has 2 aromatic carbocycles. The second-order valence-corrected chi connectivity index (χ2v) is 7.17. The Hall–Kier alpha value is -1.36. The molecule has 0 aliphatic carbocycles. The Labute approximate surface area is 149 Å². The highest BCUT2D eigenvalue weighted by molar-refractivity contribution is 7.98. The smallest absolute Gasteiger partial charge is 0.339 e. The largest absolute Gasteiger partial charge is 0.457 e. The van der Waals surface area contributed by atoms with Crippen molar-refractivity contribution in [2.45, 2.75) is 9.79 Å². The van der Waals surface area contributed by atoms with E-state index in [1.54, 1.807) is 23.5 Å². The van der Waals surface area contributed by atoms with E-state index in [0.717, 1.165) is 26.5 Å². The molecule has 2 nitrogen and oxygen atoms in total. The van der Waals surface area contributed by atoms with Gasteiger partial charge in [0.15, 0.2) is 0 Å². The summed E-state index contributed by atoms with van der Waals surface area (Å²) < 4.78 is 5.27. The van der Waals surface area contributed by atoms with E-state index >= 15 is 0 Å². The summed E-state index contributed by atoms with van der Waals surface area (Å²) >= 11 is 9.72. The summed E-state index contributed by atoms with van der Waals surface area (Å²) in [6.45, 7) is 0.261. The molecule has 3 rings (SSSR count). The number of halogens is 1. The Kier molecular flexibility index (Phi) is 5.05. The lowest BCUT2D eigenvalue weighted by atomic mass is 9.97. The molecule has 0 spiro atoms. The lowest BCUT2D eigenvalue weighted by molar-refractivity contribution is -0.133. The number of thioether (sulfide) groups is 2. The lowest BCUT2D eigenvalue weighted by Crippen LogP contribution is -1.98. The van der Waals surface area contributed by atoms with Gasteiger partial charge in [-0.1, -0.05) is 29.8 Å². The summed E-state index contributed by atoms with van der Waals surface area (Å²) in [4.78, 5) is 14.5. The third-order valence-corrected chi connectivity index (χ3v) is 5.52. The fourth-order valence-corrected chi connectivity index (χ4v) is 3.74. The van der Waals surface area contributed by atoms with Crippen LogP contribution in [0.15, 0.2) is 52.3 Å². The molecule has 23 heavy (non-hydrogen) atoms. The Bertz CT molecular complexity index is 782. The monoisotopic (exact) mass is 362 g/mol. The third kappa shape index (κ3) is 3.30. The zero-order chi connectivity index (χ0) is 16.4. The molecular formula is C18H15ClO2S2. The number of carbonyl (C=O) groups excluding carboxylic acids is 1. The second-order valence-electron chi connectivity index (χ2n) is 5.00. The highest BCUT2D eigenvalue weighted by atomic mass is 35.5. The minimum absolute atomic E-state index is 0.261. The summed E-state index contributed by atoms with van der Waals surface area (Å²) in [6.07, 6.45) is 4.03. The molecule has 0 atom stereocenters. The maximum absolute atomic E-state index is 12.2. The van der Waals surface area contributed by atoms with Gasteiger partial charge in [0.1, 0.15) is 6.61 Å². The molecule has 0 saturated carbocycles. The predicted octanol–water partition coefficient (Wildman–Crippen LogP) is 5.25. The fourth-order valence-electron chi connectivity index (χ4n) is 2.53. The van der Waals surface area contributed by atoms with Gasteiger partial charge in [-0.25, -0.2) is 4.79 Å². The number of esters is 1. The van der Waals surface area contributed by atoms with Gasteiger partial charge in [-0.3, -0.25) is 0 Å². The number of benzene rings is 2. The first-order valence-corrected chi connectivity index (χ1v) is 9.85. The first kappa shape index (κ1) is 16.5. The maximum Gasteiger partial charge on any atom is 0.339 e. The van der Waals surface area contributed by atoms with Gasteiger partial charge in [-0.05, 0) is 42.3 Å². The van der Waals surface area contributed by atoms with Gasteiger partial charge in [0.25, 0.3) is 0 Å². The van der Waals surface area contributed by atoms with E-state index in [-0.39, 0.29) is 12.6 Å². The van der Waals surface area contributed by atoms with Crippen molar-refractivity contribution >= 4 is 52.2 Å². The summed E-state index contributed by atoms with van der Waals surface area (Å²) in [5.41, 5.74) is 3.19. The van der Waals surface area contributed by atoms with Crippen molar-refractivity contribution in [1.29, 1.82) is 0 Å². The van der Waals surface area contributed by atoms with Crippen molar-refractivity contribution in [2.75, 3.05) is 19.1 Å². The summed E-state index contributed by atoms with van der Waals surface area (Å²) in [7, 11) is 0. The highest BCUT2D eigenvalue weighted by Crippen LogP contribution is 2.37. The Balaban J connectivity index is 2.10. The van der Waals surface area contributed by atoms with Gasteiger partial charge in [-0.2, -0.15) is 0 Å². The molecule has 5 heteroatoms. The average Bonchev–Trinajstić information content (AvgIpc) is 2.96. The first-order chi connectivity index (χ1) is 11.1. The van der Waals surface area contributed by atoms with Crippen LogP contribution in [0.1, 0.15) is 11.1 Å². The van der Waals surface area contributed by atoms with Crippen molar-refractivity contribution in [3.8, 4) is 0 Å². The fraction of sp³-hybridized carbons (Fsp3) is 0.167. The van der Waals surface area contributed by atoms with Crippen LogP contribution < -0.4 is 0 Å². The number of carbonyl (C=O) groups is 1. The predicted molar refractivity (Wildman–Crippen MR) is 99.2 cm³/mol. The second kappa shape index (κ2) is 7.04. The van der Waals surface area contributed by atoms with E-state index in [2.05, 4.69) is 0 Å². The molecule has 1 aliphatic rings. The highest BCUT2D eigenvalue weighted by Gasteiger charge is 2.28. The SMILES string of the molecule is CSc1ccc(C2=C(c3ccc(SC)cc3Cl)COC2=O)cc1. The van der Waals surface area contributed by atoms with Gasteiger partial charge in [0.2, 0.25) is 0 Å². The molecule has 1 heterocycles. The Morgan fingerprint density at radius 1 is 1.00 bits per heavy atom. The van der Waals surface area contributed by atoms with Crippen LogP contribution in [0.3, 0.4) is 0 Å². The summed E-state index contributed by atoms with van der Waals surface area (Å²) in [5, 5.41) is 0.642. The van der Waals surface area contributed by atoms with Gasteiger partial charge in [0, 0.05) is 26.0 Å². The van der Waals surface area contributed by atoms with E-state index in [1.807, 2.05) is 55.0 Å². The van der Waals surface area contributed by atoms with E-state index in [4.69, 9.17) is 16.3 Å². The minimum atomic E-state index is -0.290. The van der Waals surface area contributed by atoms with Crippen LogP contribution in [0.4, 0.5) is 0 Å². The van der Waals surface area contributed by atoms with Crippen LogP contribution in [-0.4, -0.2) is 25.1 Å². The Morgan fingerprint density at radius 2 is 1.65 bits per heavy atom. The van der Waals surface area contributed by atoms with Gasteiger partial charge in [0.05, 0.1) is 5.57 Å². The summed E-state index contributed by atoms with van der Waals surface area (Å²) in [6, 6.07) is 13.8. The van der Waals surface area contributed by atoms with Gasteiger partial charge in [-0.15, -0.1) is 23.5 Å². The quantitative estimate of drug-likeness (QED) is 0.548. The first-order valence-electron chi connectivity index (χ1n) is 7.02. The molecule has 1 aliphatic heterocycles. The number of cyclic esters (lactones) is 1.